The Morgan fingerprint density at radius 3 is 2.25 bits per heavy atom. The van der Waals surface area contributed by atoms with E-state index in [1.807, 2.05) is 24.3 Å². The number of hydrogen-bond acceptors (Lipinski definition) is 5. The quantitative estimate of drug-likeness (QED) is 0.607. The Morgan fingerprint density at radius 2 is 1.64 bits per heavy atom. The summed E-state index contributed by atoms with van der Waals surface area (Å²) in [6, 6.07) is 15.4. The van der Waals surface area contributed by atoms with Crippen molar-refractivity contribution in [2.24, 2.45) is 11.7 Å². The number of nitrogens with two attached hydrogens (primary N) is 2. The Bertz CT molecular complexity index is 950. The van der Waals surface area contributed by atoms with Gasteiger partial charge in [-0.1, -0.05) is 55.2 Å². The van der Waals surface area contributed by atoms with E-state index in [1.165, 1.54) is 5.56 Å². The maximum absolute atomic E-state index is 12.8. The Morgan fingerprint density at radius 1 is 1.00 bits per heavy atom. The molecule has 0 aliphatic carbocycles. The van der Waals surface area contributed by atoms with Gasteiger partial charge in [0, 0.05) is 10.3 Å². The Kier molecular flexibility index (Phi) is 6.11. The molecule has 0 fully saturated rings. The minimum atomic E-state index is 0.0929. The summed E-state index contributed by atoms with van der Waals surface area (Å²) in [5.41, 5.74) is 15.8. The number of benzene rings is 2. The number of aromatic nitrogens is 2. The van der Waals surface area contributed by atoms with Gasteiger partial charge in [-0.25, -0.2) is 4.98 Å². The molecule has 28 heavy (non-hydrogen) atoms. The maximum Gasteiger partial charge on any atom is 0.410 e. The topological polar surface area (TPSA) is 97.9 Å². The zero-order chi connectivity index (χ0) is 20.1. The van der Waals surface area contributed by atoms with E-state index in [0.29, 0.717) is 28.6 Å². The summed E-state index contributed by atoms with van der Waals surface area (Å²) >= 11 is 0. The standard InChI is InChI=1S/C22H26N5O/c1-15(2)13-17-3-7-18(8-4-17)20-14-25-21(24)22(26-20)27(28)19-9-5-16(6-10-19)11-12-23/h3-10,14-15H,11-13,23H2,1-2H3,(H2,24,25)/q+1. The van der Waals surface area contributed by atoms with Gasteiger partial charge in [-0.15, -0.1) is 0 Å². The van der Waals surface area contributed by atoms with Gasteiger partial charge in [0.2, 0.25) is 11.5 Å². The number of anilines is 1. The van der Waals surface area contributed by atoms with Gasteiger partial charge in [0.15, 0.2) is 5.69 Å². The normalized spacial score (nSPS) is 11.0. The summed E-state index contributed by atoms with van der Waals surface area (Å²) in [5.74, 6) is 0.788. The van der Waals surface area contributed by atoms with E-state index in [0.717, 1.165) is 24.0 Å². The van der Waals surface area contributed by atoms with Crippen LogP contribution in [0.1, 0.15) is 25.0 Å². The lowest BCUT2D eigenvalue weighted by atomic mass is 10.0. The van der Waals surface area contributed by atoms with Gasteiger partial charge in [-0.05, 0) is 53.5 Å². The molecule has 2 aromatic carbocycles. The van der Waals surface area contributed by atoms with Gasteiger partial charge in [-0.2, -0.15) is 0 Å². The smallest absolute Gasteiger partial charge is 0.377 e. The fourth-order valence-corrected chi connectivity index (χ4v) is 3.05. The van der Waals surface area contributed by atoms with Crippen LogP contribution in [0.15, 0.2) is 54.7 Å². The van der Waals surface area contributed by atoms with Crippen molar-refractivity contribution < 1.29 is 0 Å². The molecule has 1 aromatic heterocycles. The highest BCUT2D eigenvalue weighted by molar-refractivity contribution is 5.66. The predicted molar refractivity (Wildman–Crippen MR) is 114 cm³/mol. The van der Waals surface area contributed by atoms with E-state index in [-0.39, 0.29) is 11.6 Å². The van der Waals surface area contributed by atoms with Gasteiger partial charge in [-0.3, -0.25) is 0 Å². The highest BCUT2D eigenvalue weighted by Gasteiger charge is 2.24. The van der Waals surface area contributed by atoms with E-state index < -0.39 is 0 Å². The van der Waals surface area contributed by atoms with Gasteiger partial charge in [0.1, 0.15) is 0 Å². The molecule has 0 aliphatic heterocycles. The predicted octanol–water partition coefficient (Wildman–Crippen LogP) is 4.03. The summed E-state index contributed by atoms with van der Waals surface area (Å²) in [4.78, 5) is 21.5. The molecular weight excluding hydrogens is 350 g/mol. The van der Waals surface area contributed by atoms with Crippen molar-refractivity contribution in [3.63, 3.8) is 0 Å². The molecule has 0 bridgehead atoms. The lowest BCUT2D eigenvalue weighted by Crippen LogP contribution is -2.07. The van der Waals surface area contributed by atoms with Crippen LogP contribution in [0.25, 0.3) is 11.3 Å². The van der Waals surface area contributed by atoms with Crippen molar-refractivity contribution >= 4 is 17.3 Å². The molecule has 0 saturated heterocycles. The average molecular weight is 376 g/mol. The molecule has 0 unspecified atom stereocenters. The second-order valence-corrected chi connectivity index (χ2v) is 7.26. The molecular formula is C22H26N5O+. The molecule has 6 heteroatoms. The number of rotatable bonds is 7. The van der Waals surface area contributed by atoms with Crippen LogP contribution in [-0.2, 0) is 12.8 Å². The number of nitroso groups, excluding NO2 is 1. The molecule has 6 nitrogen and oxygen atoms in total. The lowest BCUT2D eigenvalue weighted by molar-refractivity contribution is 0.647. The zero-order valence-corrected chi connectivity index (χ0v) is 16.3. The zero-order valence-electron chi connectivity index (χ0n) is 16.3. The van der Waals surface area contributed by atoms with Crippen LogP contribution >= 0.6 is 0 Å². The number of nitrogen functional groups attached to an aromatic ring is 1. The molecule has 0 radical (unpaired) electrons. The Balaban J connectivity index is 1.87. The molecule has 1 heterocycles. The van der Waals surface area contributed by atoms with Crippen LogP contribution in [0.4, 0.5) is 17.3 Å². The molecule has 0 spiro atoms. The van der Waals surface area contributed by atoms with Crippen molar-refractivity contribution in [1.29, 1.82) is 0 Å². The molecule has 144 valence electrons. The lowest BCUT2D eigenvalue weighted by Gasteiger charge is -2.05. The fraction of sp³-hybridized carbons (Fsp3) is 0.273. The Labute approximate surface area is 165 Å². The minimum Gasteiger partial charge on any atom is -0.377 e. The van der Waals surface area contributed by atoms with Crippen molar-refractivity contribution in [3.05, 3.63) is 70.8 Å². The van der Waals surface area contributed by atoms with Crippen LogP contribution in [0.3, 0.4) is 0 Å². The number of nitrogens with zero attached hydrogens (tertiary/aromatic N) is 3. The second-order valence-electron chi connectivity index (χ2n) is 7.26. The van der Waals surface area contributed by atoms with Crippen LogP contribution < -0.4 is 16.2 Å². The van der Waals surface area contributed by atoms with Gasteiger partial charge in [0.05, 0.1) is 6.20 Å². The highest BCUT2D eigenvalue weighted by atomic mass is 16.3. The first-order valence-electron chi connectivity index (χ1n) is 9.46. The third kappa shape index (κ3) is 4.58. The molecule has 0 amide bonds. The van der Waals surface area contributed by atoms with Crippen LogP contribution in [0.2, 0.25) is 0 Å². The molecule has 0 atom stereocenters. The summed E-state index contributed by atoms with van der Waals surface area (Å²) in [6.07, 6.45) is 3.38. The van der Waals surface area contributed by atoms with Gasteiger partial charge < -0.3 is 11.5 Å². The first-order chi connectivity index (χ1) is 13.5. The van der Waals surface area contributed by atoms with Gasteiger partial charge in [0.25, 0.3) is 0 Å². The van der Waals surface area contributed by atoms with E-state index in [1.54, 1.807) is 18.3 Å². The number of hydrogen-bond donors (Lipinski definition) is 2. The Hall–Kier alpha value is -3.12. The van der Waals surface area contributed by atoms with Crippen molar-refractivity contribution in [3.8, 4) is 11.3 Å². The summed E-state index contributed by atoms with van der Waals surface area (Å²) < 4.78 is 0.713. The molecule has 3 aromatic rings. The maximum atomic E-state index is 12.8. The van der Waals surface area contributed by atoms with Crippen LogP contribution in [-0.4, -0.2) is 16.5 Å². The third-order valence-electron chi connectivity index (χ3n) is 4.47. The second kappa shape index (κ2) is 8.71. The summed E-state index contributed by atoms with van der Waals surface area (Å²) in [6.45, 7) is 4.95. The van der Waals surface area contributed by atoms with Crippen molar-refractivity contribution in [2.45, 2.75) is 26.7 Å². The third-order valence-corrected chi connectivity index (χ3v) is 4.47. The van der Waals surface area contributed by atoms with E-state index in [2.05, 4.69) is 35.9 Å². The molecule has 0 aliphatic rings. The van der Waals surface area contributed by atoms with Crippen molar-refractivity contribution in [2.75, 3.05) is 12.3 Å². The van der Waals surface area contributed by atoms with Crippen molar-refractivity contribution in [1.82, 2.24) is 14.7 Å². The highest BCUT2D eigenvalue weighted by Crippen LogP contribution is 2.26. The van der Waals surface area contributed by atoms with Crippen LogP contribution in [0, 0.1) is 10.8 Å². The molecule has 3 rings (SSSR count). The SMILES string of the molecule is CC(C)Cc1ccc(-c2cnc(N)c([N+](=O)c3ccc(CCN)cc3)n2)cc1. The van der Waals surface area contributed by atoms with Crippen LogP contribution in [0.5, 0.6) is 0 Å². The molecule has 4 N–H and O–H groups in total. The summed E-state index contributed by atoms with van der Waals surface area (Å²) in [5, 5.41) is 0. The van der Waals surface area contributed by atoms with E-state index in [4.69, 9.17) is 11.5 Å². The fourth-order valence-electron chi connectivity index (χ4n) is 3.05. The summed E-state index contributed by atoms with van der Waals surface area (Å²) in [7, 11) is 0. The average Bonchev–Trinajstić information content (AvgIpc) is 2.69. The van der Waals surface area contributed by atoms with E-state index in [9.17, 15) is 4.91 Å². The monoisotopic (exact) mass is 376 g/mol. The van der Waals surface area contributed by atoms with Gasteiger partial charge >= 0.3 is 5.82 Å². The van der Waals surface area contributed by atoms with E-state index >= 15 is 0 Å². The first kappa shape index (κ1) is 19.6. The molecule has 0 saturated carbocycles. The minimum absolute atomic E-state index is 0.0929. The largest absolute Gasteiger partial charge is 0.410 e. The first-order valence-corrected chi connectivity index (χ1v) is 9.46.